The van der Waals surface area contributed by atoms with Gasteiger partial charge in [-0.15, -0.1) is 0 Å². The third kappa shape index (κ3) is 3.94. The molecule has 8 nitrogen and oxygen atoms in total. The fraction of sp³-hybridized carbons (Fsp3) is 0.474. The number of rotatable bonds is 5. The Labute approximate surface area is 157 Å². The van der Waals surface area contributed by atoms with Gasteiger partial charge in [-0.25, -0.2) is 9.67 Å². The molecule has 0 unspecified atom stereocenters. The van der Waals surface area contributed by atoms with E-state index in [2.05, 4.69) is 10.1 Å². The minimum Gasteiger partial charge on any atom is -0.484 e. The Hall–Kier alpha value is -2.90. The molecule has 0 spiro atoms. The highest BCUT2D eigenvalue weighted by Gasteiger charge is 2.25. The largest absolute Gasteiger partial charge is 0.484 e. The predicted octanol–water partition coefficient (Wildman–Crippen LogP) is 1.65. The molecule has 0 radical (unpaired) electrons. The lowest BCUT2D eigenvalue weighted by molar-refractivity contribution is -0.134. The summed E-state index contributed by atoms with van der Waals surface area (Å²) in [6, 6.07) is 7.69. The fourth-order valence-corrected chi connectivity index (χ4v) is 3.68. The number of aromatic nitrogens is 3. The van der Waals surface area contributed by atoms with Crippen LogP contribution in [0, 0.1) is 0 Å². The van der Waals surface area contributed by atoms with Gasteiger partial charge in [0.25, 0.3) is 5.91 Å². The number of anilines is 1. The summed E-state index contributed by atoms with van der Waals surface area (Å²) in [6.07, 6.45) is 6.46. The molecular formula is C19H23N5O3. The first-order chi connectivity index (χ1) is 13.2. The van der Waals surface area contributed by atoms with Crippen molar-refractivity contribution < 1.29 is 14.3 Å². The van der Waals surface area contributed by atoms with Gasteiger partial charge in [-0.1, -0.05) is 6.07 Å². The first kappa shape index (κ1) is 17.5. The molecule has 2 amide bonds. The molecule has 27 heavy (non-hydrogen) atoms. The zero-order chi connectivity index (χ0) is 18.6. The first-order valence-corrected chi connectivity index (χ1v) is 9.36. The number of nitrogens with zero attached hydrogens (tertiary/aromatic N) is 5. The Bertz CT molecular complexity index is 799. The summed E-state index contributed by atoms with van der Waals surface area (Å²) in [7, 11) is 0. The number of ether oxygens (including phenoxy) is 1. The van der Waals surface area contributed by atoms with E-state index in [4.69, 9.17) is 4.74 Å². The second-order valence-corrected chi connectivity index (χ2v) is 6.92. The maximum atomic E-state index is 12.5. The van der Waals surface area contributed by atoms with E-state index in [0.29, 0.717) is 31.3 Å². The summed E-state index contributed by atoms with van der Waals surface area (Å²) in [5.74, 6) is 0.728. The minimum atomic E-state index is -0.0188. The molecule has 0 atom stereocenters. The Morgan fingerprint density at radius 2 is 2.07 bits per heavy atom. The van der Waals surface area contributed by atoms with E-state index in [0.717, 1.165) is 31.5 Å². The van der Waals surface area contributed by atoms with Crippen molar-refractivity contribution in [1.82, 2.24) is 19.7 Å². The molecule has 2 aliphatic heterocycles. The maximum Gasteiger partial charge on any atom is 0.260 e. The summed E-state index contributed by atoms with van der Waals surface area (Å²) in [5.41, 5.74) is 0.830. The van der Waals surface area contributed by atoms with Gasteiger partial charge in [0.15, 0.2) is 6.61 Å². The summed E-state index contributed by atoms with van der Waals surface area (Å²) < 4.78 is 7.56. The molecule has 0 N–H and O–H groups in total. The van der Waals surface area contributed by atoms with Crippen LogP contribution in [-0.2, 0) is 9.59 Å². The molecule has 8 heteroatoms. The van der Waals surface area contributed by atoms with Gasteiger partial charge in [0.05, 0.1) is 6.04 Å². The zero-order valence-electron chi connectivity index (χ0n) is 15.2. The summed E-state index contributed by atoms with van der Waals surface area (Å²) in [4.78, 5) is 31.9. The maximum absolute atomic E-state index is 12.5. The van der Waals surface area contributed by atoms with Crippen LogP contribution in [-0.4, -0.2) is 57.7 Å². The van der Waals surface area contributed by atoms with E-state index in [1.807, 2.05) is 33.8 Å². The molecule has 2 saturated heterocycles. The molecule has 0 aliphatic carbocycles. The Balaban J connectivity index is 1.29. The minimum absolute atomic E-state index is 0.00535. The topological polar surface area (TPSA) is 80.6 Å². The third-order valence-corrected chi connectivity index (χ3v) is 5.19. The summed E-state index contributed by atoms with van der Waals surface area (Å²) >= 11 is 0. The van der Waals surface area contributed by atoms with Crippen LogP contribution < -0.4 is 9.64 Å². The number of amides is 2. The number of carbonyl (C=O) groups excluding carboxylic acids is 2. The van der Waals surface area contributed by atoms with Gasteiger partial charge in [-0.3, -0.25) is 9.59 Å². The van der Waals surface area contributed by atoms with E-state index in [1.54, 1.807) is 11.2 Å². The van der Waals surface area contributed by atoms with Crippen LogP contribution in [0.5, 0.6) is 5.75 Å². The molecular weight excluding hydrogens is 346 g/mol. The average Bonchev–Trinajstić information content (AvgIpc) is 3.38. The van der Waals surface area contributed by atoms with E-state index >= 15 is 0 Å². The van der Waals surface area contributed by atoms with Crippen LogP contribution >= 0.6 is 0 Å². The van der Waals surface area contributed by atoms with E-state index in [-0.39, 0.29) is 18.4 Å². The number of hydrogen-bond donors (Lipinski definition) is 0. The third-order valence-electron chi connectivity index (χ3n) is 5.19. The highest BCUT2D eigenvalue weighted by Crippen LogP contribution is 2.26. The number of carbonyl (C=O) groups is 2. The van der Waals surface area contributed by atoms with Crippen molar-refractivity contribution in [2.75, 3.05) is 31.1 Å². The lowest BCUT2D eigenvalue weighted by Crippen LogP contribution is -2.41. The fourth-order valence-electron chi connectivity index (χ4n) is 3.68. The Kier molecular flexibility index (Phi) is 5.04. The van der Waals surface area contributed by atoms with Crippen molar-refractivity contribution in [3.05, 3.63) is 36.9 Å². The van der Waals surface area contributed by atoms with Crippen LogP contribution in [0.4, 0.5) is 5.69 Å². The highest BCUT2D eigenvalue weighted by molar-refractivity contribution is 5.95. The molecule has 1 aromatic carbocycles. The second-order valence-electron chi connectivity index (χ2n) is 6.92. The van der Waals surface area contributed by atoms with Gasteiger partial charge < -0.3 is 14.5 Å². The average molecular weight is 369 g/mol. The van der Waals surface area contributed by atoms with Crippen LogP contribution in [0.2, 0.25) is 0 Å². The van der Waals surface area contributed by atoms with Gasteiger partial charge in [-0.2, -0.15) is 5.10 Å². The van der Waals surface area contributed by atoms with Crippen molar-refractivity contribution in [1.29, 1.82) is 0 Å². The van der Waals surface area contributed by atoms with Gasteiger partial charge >= 0.3 is 0 Å². The molecule has 2 fully saturated rings. The smallest absolute Gasteiger partial charge is 0.260 e. The van der Waals surface area contributed by atoms with E-state index < -0.39 is 0 Å². The SMILES string of the molecule is O=C(COc1cccc(N2CCCC2=O)c1)N1CCC(n2cncn2)CC1. The molecule has 3 heterocycles. The number of benzene rings is 1. The normalized spacial score (nSPS) is 18.1. The summed E-state index contributed by atoms with van der Waals surface area (Å²) in [5, 5.41) is 4.18. The number of piperidine rings is 1. The molecule has 1 aromatic heterocycles. The molecule has 4 rings (SSSR count). The molecule has 0 bridgehead atoms. The van der Waals surface area contributed by atoms with E-state index in [1.165, 1.54) is 6.33 Å². The number of hydrogen-bond acceptors (Lipinski definition) is 5. The van der Waals surface area contributed by atoms with Gasteiger partial charge in [0.2, 0.25) is 5.91 Å². The predicted molar refractivity (Wildman–Crippen MR) is 98.4 cm³/mol. The molecule has 2 aliphatic rings. The Morgan fingerprint density at radius 3 is 2.78 bits per heavy atom. The van der Waals surface area contributed by atoms with Crippen LogP contribution in [0.15, 0.2) is 36.9 Å². The zero-order valence-corrected chi connectivity index (χ0v) is 15.2. The van der Waals surface area contributed by atoms with Crippen LogP contribution in [0.25, 0.3) is 0 Å². The van der Waals surface area contributed by atoms with Gasteiger partial charge in [-0.05, 0) is 31.4 Å². The molecule has 2 aromatic rings. The van der Waals surface area contributed by atoms with Crippen molar-refractivity contribution >= 4 is 17.5 Å². The van der Waals surface area contributed by atoms with E-state index in [9.17, 15) is 9.59 Å². The second kappa shape index (κ2) is 7.77. The van der Waals surface area contributed by atoms with Crippen molar-refractivity contribution in [3.8, 4) is 5.75 Å². The van der Waals surface area contributed by atoms with Crippen molar-refractivity contribution in [2.24, 2.45) is 0 Å². The first-order valence-electron chi connectivity index (χ1n) is 9.36. The van der Waals surface area contributed by atoms with Crippen LogP contribution in [0.3, 0.4) is 0 Å². The van der Waals surface area contributed by atoms with Crippen molar-refractivity contribution in [3.63, 3.8) is 0 Å². The number of likely N-dealkylation sites (tertiary alicyclic amines) is 1. The lowest BCUT2D eigenvalue weighted by atomic mass is 10.1. The molecule has 142 valence electrons. The quantitative estimate of drug-likeness (QED) is 0.801. The standard InChI is InChI=1S/C19H23N5O3/c25-18-5-2-8-23(18)16-3-1-4-17(11-16)27-12-19(26)22-9-6-15(7-10-22)24-14-20-13-21-24/h1,3-4,11,13-15H,2,5-10,12H2. The summed E-state index contributed by atoms with van der Waals surface area (Å²) in [6.45, 7) is 2.12. The Morgan fingerprint density at radius 1 is 1.22 bits per heavy atom. The van der Waals surface area contributed by atoms with Gasteiger partial charge in [0, 0.05) is 37.8 Å². The monoisotopic (exact) mass is 369 g/mol. The highest BCUT2D eigenvalue weighted by atomic mass is 16.5. The van der Waals surface area contributed by atoms with Crippen molar-refractivity contribution in [2.45, 2.75) is 31.7 Å². The molecule has 0 saturated carbocycles. The van der Waals surface area contributed by atoms with Gasteiger partial charge in [0.1, 0.15) is 18.4 Å². The van der Waals surface area contributed by atoms with Crippen LogP contribution in [0.1, 0.15) is 31.7 Å². The lowest BCUT2D eigenvalue weighted by Gasteiger charge is -2.31.